The first-order chi connectivity index (χ1) is 5.68. The van der Waals surface area contributed by atoms with Crippen molar-refractivity contribution >= 4 is 17.9 Å². The van der Waals surface area contributed by atoms with Gasteiger partial charge in [0.1, 0.15) is 5.60 Å². The van der Waals surface area contributed by atoms with Gasteiger partial charge in [0.2, 0.25) is 0 Å². The number of hydrogen-bond acceptors (Lipinski definition) is 2. The Kier molecular flexibility index (Phi) is 3.29. The van der Waals surface area contributed by atoms with Crippen LogP contribution in [0.25, 0.3) is 0 Å². The van der Waals surface area contributed by atoms with Gasteiger partial charge in [-0.3, -0.25) is 0 Å². The first kappa shape index (κ1) is 9.75. The number of rotatable bonds is 3. The van der Waals surface area contributed by atoms with Crippen molar-refractivity contribution in [3.8, 4) is 0 Å². The van der Waals surface area contributed by atoms with E-state index in [0.717, 1.165) is 25.5 Å². The molecule has 0 spiro atoms. The summed E-state index contributed by atoms with van der Waals surface area (Å²) in [4.78, 5) is 10.8. The molecule has 0 aliphatic carbocycles. The Morgan fingerprint density at radius 1 is 1.67 bits per heavy atom. The lowest BCUT2D eigenvalue weighted by Gasteiger charge is -2.31. The van der Waals surface area contributed by atoms with E-state index < -0.39 is 5.60 Å². The van der Waals surface area contributed by atoms with Crippen molar-refractivity contribution in [2.45, 2.75) is 31.3 Å². The van der Waals surface area contributed by atoms with Crippen LogP contribution in [0.3, 0.4) is 0 Å². The predicted octanol–water partition coefficient (Wildman–Crippen LogP) is 2.27. The van der Waals surface area contributed by atoms with Gasteiger partial charge in [-0.1, -0.05) is 18.2 Å². The summed E-state index contributed by atoms with van der Waals surface area (Å²) in [5.74, 6) is 0. The molecule has 0 amide bonds. The number of aldehydes is 1. The second-order valence-electron chi connectivity index (χ2n) is 3.18. The predicted molar refractivity (Wildman–Crippen MR) is 48.2 cm³/mol. The van der Waals surface area contributed by atoms with Crippen molar-refractivity contribution in [3.63, 3.8) is 0 Å². The van der Waals surface area contributed by atoms with E-state index in [-0.39, 0.29) is 0 Å². The second-order valence-corrected chi connectivity index (χ2v) is 3.72. The van der Waals surface area contributed by atoms with Crippen LogP contribution in [0, 0.1) is 0 Å². The summed E-state index contributed by atoms with van der Waals surface area (Å²) in [5, 5.41) is 0.490. The molecule has 0 radical (unpaired) electrons. The minimum Gasteiger partial charge on any atom is -0.367 e. The third kappa shape index (κ3) is 2.32. The van der Waals surface area contributed by atoms with E-state index in [9.17, 15) is 4.79 Å². The summed E-state index contributed by atoms with van der Waals surface area (Å²) >= 11 is 5.65. The van der Waals surface area contributed by atoms with Crippen molar-refractivity contribution in [3.05, 3.63) is 11.6 Å². The van der Waals surface area contributed by atoms with Crippen LogP contribution in [0.15, 0.2) is 11.6 Å². The fourth-order valence-electron chi connectivity index (χ4n) is 1.47. The second kappa shape index (κ2) is 4.06. The molecule has 1 rings (SSSR count). The highest BCUT2D eigenvalue weighted by atomic mass is 35.5. The van der Waals surface area contributed by atoms with Gasteiger partial charge in [0.05, 0.1) is 0 Å². The zero-order valence-corrected chi connectivity index (χ0v) is 7.77. The number of hydrogen-bond donors (Lipinski definition) is 0. The zero-order valence-electron chi connectivity index (χ0n) is 7.01. The van der Waals surface area contributed by atoms with Gasteiger partial charge < -0.3 is 9.53 Å². The normalized spacial score (nSPS) is 29.8. The summed E-state index contributed by atoms with van der Waals surface area (Å²) in [6.45, 7) is 4.22. The van der Waals surface area contributed by atoms with E-state index in [0.29, 0.717) is 18.1 Å². The molecule has 0 N–H and O–H groups in total. The highest BCUT2D eigenvalue weighted by molar-refractivity contribution is 6.29. The summed E-state index contributed by atoms with van der Waals surface area (Å²) in [7, 11) is 0. The molecule has 1 aliphatic rings. The molecule has 1 aliphatic heterocycles. The van der Waals surface area contributed by atoms with Crippen LogP contribution >= 0.6 is 11.6 Å². The number of carbonyl (C=O) groups excluding carboxylic acids is 1. The highest BCUT2D eigenvalue weighted by Crippen LogP contribution is 2.29. The smallest absolute Gasteiger partial charge is 0.152 e. The number of halogens is 1. The van der Waals surface area contributed by atoms with E-state index in [2.05, 4.69) is 6.58 Å². The molecule has 0 aromatic rings. The van der Waals surface area contributed by atoms with Gasteiger partial charge in [-0.05, 0) is 19.3 Å². The van der Waals surface area contributed by atoms with Crippen LogP contribution in [0.1, 0.15) is 25.7 Å². The molecule has 0 aromatic carbocycles. The maximum absolute atomic E-state index is 10.8. The van der Waals surface area contributed by atoms with Gasteiger partial charge in [-0.25, -0.2) is 0 Å². The van der Waals surface area contributed by atoms with Gasteiger partial charge in [0.25, 0.3) is 0 Å². The molecule has 2 nitrogen and oxygen atoms in total. The first-order valence-electron chi connectivity index (χ1n) is 4.12. The van der Waals surface area contributed by atoms with Gasteiger partial charge in [-0.15, -0.1) is 0 Å². The standard InChI is InChI=1S/C9H13ClO2/c1-8(10)6-9(7-11)4-2-3-5-12-9/h7H,1-6H2. The van der Waals surface area contributed by atoms with E-state index in [4.69, 9.17) is 16.3 Å². The molecule has 0 aromatic heterocycles. The van der Waals surface area contributed by atoms with Crippen LogP contribution in [-0.2, 0) is 9.53 Å². The third-order valence-electron chi connectivity index (χ3n) is 2.09. The van der Waals surface area contributed by atoms with Crippen molar-refractivity contribution < 1.29 is 9.53 Å². The van der Waals surface area contributed by atoms with Crippen LogP contribution < -0.4 is 0 Å². The van der Waals surface area contributed by atoms with E-state index >= 15 is 0 Å². The zero-order chi connectivity index (χ0) is 9.03. The fraction of sp³-hybridized carbons (Fsp3) is 0.667. The number of carbonyl (C=O) groups is 1. The van der Waals surface area contributed by atoms with Gasteiger partial charge >= 0.3 is 0 Å². The maximum Gasteiger partial charge on any atom is 0.152 e. The molecule has 1 fully saturated rings. The van der Waals surface area contributed by atoms with Crippen molar-refractivity contribution in [2.24, 2.45) is 0 Å². The SMILES string of the molecule is C=C(Cl)CC1(C=O)CCCCO1. The van der Waals surface area contributed by atoms with Crippen LogP contribution in [0.5, 0.6) is 0 Å². The molecule has 1 atom stereocenters. The fourth-order valence-corrected chi connectivity index (χ4v) is 1.70. The molecule has 12 heavy (non-hydrogen) atoms. The van der Waals surface area contributed by atoms with Crippen molar-refractivity contribution in [1.29, 1.82) is 0 Å². The van der Waals surface area contributed by atoms with Crippen LogP contribution in [0.2, 0.25) is 0 Å². The summed E-state index contributed by atoms with van der Waals surface area (Å²) in [6.07, 6.45) is 4.13. The largest absolute Gasteiger partial charge is 0.367 e. The maximum atomic E-state index is 10.8. The van der Waals surface area contributed by atoms with Gasteiger partial charge in [0.15, 0.2) is 6.29 Å². The van der Waals surface area contributed by atoms with Crippen molar-refractivity contribution in [1.82, 2.24) is 0 Å². The molecule has 1 saturated heterocycles. The Labute approximate surface area is 77.5 Å². The van der Waals surface area contributed by atoms with Crippen molar-refractivity contribution in [2.75, 3.05) is 6.61 Å². The molecule has 68 valence electrons. The summed E-state index contributed by atoms with van der Waals surface area (Å²) in [5.41, 5.74) is -0.670. The third-order valence-corrected chi connectivity index (χ3v) is 2.22. The topological polar surface area (TPSA) is 26.3 Å². The molecule has 0 saturated carbocycles. The average molecular weight is 189 g/mol. The van der Waals surface area contributed by atoms with E-state index in [1.807, 2.05) is 0 Å². The summed E-state index contributed by atoms with van der Waals surface area (Å²) in [6, 6.07) is 0. The van der Waals surface area contributed by atoms with Gasteiger partial charge in [0, 0.05) is 18.1 Å². The van der Waals surface area contributed by atoms with E-state index in [1.165, 1.54) is 0 Å². The minimum absolute atomic E-state index is 0.443. The quantitative estimate of drug-likeness (QED) is 0.636. The molecule has 1 unspecified atom stereocenters. The molecule has 0 bridgehead atoms. The Morgan fingerprint density at radius 3 is 2.83 bits per heavy atom. The van der Waals surface area contributed by atoms with Crippen LogP contribution in [0.4, 0.5) is 0 Å². The lowest BCUT2D eigenvalue weighted by molar-refractivity contribution is -0.137. The lowest BCUT2D eigenvalue weighted by atomic mass is 9.92. The average Bonchev–Trinajstić information content (AvgIpc) is 2.05. The lowest BCUT2D eigenvalue weighted by Crippen LogP contribution is -2.37. The monoisotopic (exact) mass is 188 g/mol. The summed E-state index contributed by atoms with van der Waals surface area (Å²) < 4.78 is 5.41. The molecular weight excluding hydrogens is 176 g/mol. The Bertz CT molecular complexity index is 183. The minimum atomic E-state index is -0.670. The Morgan fingerprint density at radius 2 is 2.42 bits per heavy atom. The molecule has 3 heteroatoms. The van der Waals surface area contributed by atoms with Gasteiger partial charge in [-0.2, -0.15) is 0 Å². The molecular formula is C9H13ClO2. The first-order valence-corrected chi connectivity index (χ1v) is 4.50. The Hall–Kier alpha value is -0.340. The van der Waals surface area contributed by atoms with Crippen LogP contribution in [-0.4, -0.2) is 18.5 Å². The highest BCUT2D eigenvalue weighted by Gasteiger charge is 2.33. The molecule has 1 heterocycles. The van der Waals surface area contributed by atoms with E-state index in [1.54, 1.807) is 0 Å². The number of ether oxygens (including phenoxy) is 1. The Balaban J connectivity index is 2.59.